The lowest BCUT2D eigenvalue weighted by molar-refractivity contribution is -0.123. The van der Waals surface area contributed by atoms with Gasteiger partial charge in [0.1, 0.15) is 6.54 Å². The Kier molecular flexibility index (Phi) is 7.35. The number of benzene rings is 2. The number of hydrogen-bond acceptors (Lipinski definition) is 5. The monoisotopic (exact) mass is 501 g/mol. The van der Waals surface area contributed by atoms with Crippen LogP contribution in [0.2, 0.25) is 0 Å². The van der Waals surface area contributed by atoms with Gasteiger partial charge < -0.3 is 10.2 Å². The molecule has 0 unspecified atom stereocenters. The van der Waals surface area contributed by atoms with Gasteiger partial charge in [-0.25, -0.2) is 8.42 Å². The average molecular weight is 502 g/mol. The molecule has 4 rings (SSSR count). The number of anilines is 2. The lowest BCUT2D eigenvalue weighted by Gasteiger charge is -2.25. The Morgan fingerprint density at radius 1 is 1.18 bits per heavy atom. The Morgan fingerprint density at radius 2 is 1.91 bits per heavy atom. The summed E-state index contributed by atoms with van der Waals surface area (Å²) in [5.41, 5.74) is 3.23. The molecule has 2 aliphatic heterocycles. The molecule has 2 aliphatic rings. The van der Waals surface area contributed by atoms with Crippen LogP contribution in [0.3, 0.4) is 0 Å². The SMILES string of the molecule is CCc1cccc(C)c1NC(=O)CN1C(=O)[C@H](C)CSc2ccc(S(=O)(=O)N3CCCC3)cc21. The summed E-state index contributed by atoms with van der Waals surface area (Å²) in [5.74, 6) is -0.221. The molecule has 0 spiro atoms. The number of hydrogen-bond donors (Lipinski definition) is 1. The van der Waals surface area contributed by atoms with Crippen molar-refractivity contribution in [1.82, 2.24) is 4.31 Å². The fourth-order valence-electron chi connectivity index (χ4n) is 4.43. The van der Waals surface area contributed by atoms with E-state index in [0.717, 1.165) is 41.0 Å². The molecule has 2 aromatic carbocycles. The predicted octanol–water partition coefficient (Wildman–Crippen LogP) is 4.06. The molecular formula is C25H31N3O4S2. The number of para-hydroxylation sites is 1. The number of aryl methyl sites for hydroxylation is 2. The summed E-state index contributed by atoms with van der Waals surface area (Å²) >= 11 is 1.51. The van der Waals surface area contributed by atoms with Gasteiger partial charge in [0.25, 0.3) is 0 Å². The maximum absolute atomic E-state index is 13.3. The highest BCUT2D eigenvalue weighted by molar-refractivity contribution is 7.99. The first-order valence-corrected chi connectivity index (χ1v) is 14.1. The molecule has 182 valence electrons. The highest BCUT2D eigenvalue weighted by Crippen LogP contribution is 2.38. The molecule has 1 fully saturated rings. The number of nitrogens with one attached hydrogen (secondary N) is 1. The molecule has 0 aliphatic carbocycles. The van der Waals surface area contributed by atoms with E-state index < -0.39 is 10.0 Å². The van der Waals surface area contributed by atoms with Crippen LogP contribution in [-0.4, -0.2) is 49.9 Å². The Labute approximate surface area is 205 Å². The third-order valence-electron chi connectivity index (χ3n) is 6.41. The third-order valence-corrected chi connectivity index (χ3v) is 9.62. The van der Waals surface area contributed by atoms with E-state index in [1.165, 1.54) is 21.0 Å². The van der Waals surface area contributed by atoms with Gasteiger partial charge in [-0.2, -0.15) is 4.31 Å². The normalized spacial score (nSPS) is 19.1. The second-order valence-corrected chi connectivity index (χ2v) is 11.9. The van der Waals surface area contributed by atoms with Gasteiger partial charge in [0.05, 0.1) is 10.6 Å². The standard InChI is InChI=1S/C25H31N3O4S2/c1-4-19-9-7-8-17(2)24(19)26-23(29)15-28-21-14-20(34(31,32)27-12-5-6-13-27)10-11-22(21)33-16-18(3)25(28)30/h7-11,14,18H,4-6,12-13,15-16H2,1-3H3,(H,26,29)/t18-/m1/s1. The van der Waals surface area contributed by atoms with Crippen molar-refractivity contribution >= 4 is 45.0 Å². The summed E-state index contributed by atoms with van der Waals surface area (Å²) in [6.45, 7) is 6.64. The number of nitrogens with zero attached hydrogens (tertiary/aromatic N) is 2. The number of carbonyl (C=O) groups is 2. The second kappa shape index (κ2) is 10.1. The number of amides is 2. The molecule has 2 amide bonds. The van der Waals surface area contributed by atoms with Crippen molar-refractivity contribution in [2.45, 2.75) is 49.8 Å². The minimum atomic E-state index is -3.64. The zero-order valence-electron chi connectivity index (χ0n) is 19.8. The summed E-state index contributed by atoms with van der Waals surface area (Å²) in [6.07, 6.45) is 2.47. The molecule has 2 aromatic rings. The smallest absolute Gasteiger partial charge is 0.244 e. The fraction of sp³-hybridized carbons (Fsp3) is 0.440. The number of rotatable bonds is 6. The lowest BCUT2D eigenvalue weighted by Crippen LogP contribution is -2.41. The largest absolute Gasteiger partial charge is 0.324 e. The Morgan fingerprint density at radius 3 is 2.62 bits per heavy atom. The van der Waals surface area contributed by atoms with Gasteiger partial charge in [0.2, 0.25) is 21.8 Å². The third kappa shape index (κ3) is 4.87. The molecule has 2 heterocycles. The number of sulfonamides is 1. The topological polar surface area (TPSA) is 86.8 Å². The van der Waals surface area contributed by atoms with E-state index in [9.17, 15) is 18.0 Å². The van der Waals surface area contributed by atoms with Crippen LogP contribution in [0.1, 0.15) is 37.8 Å². The van der Waals surface area contributed by atoms with Gasteiger partial charge in [0, 0.05) is 35.3 Å². The molecule has 0 radical (unpaired) electrons. The van der Waals surface area contributed by atoms with Crippen LogP contribution in [0, 0.1) is 12.8 Å². The Hall–Kier alpha value is -2.36. The van der Waals surface area contributed by atoms with E-state index in [2.05, 4.69) is 5.32 Å². The highest BCUT2D eigenvalue weighted by Gasteiger charge is 2.33. The summed E-state index contributed by atoms with van der Waals surface area (Å²) in [6, 6.07) is 10.8. The number of thioether (sulfide) groups is 1. The van der Waals surface area contributed by atoms with E-state index in [1.807, 2.05) is 39.0 Å². The molecule has 0 aromatic heterocycles. The van der Waals surface area contributed by atoms with E-state index in [1.54, 1.807) is 18.2 Å². The van der Waals surface area contributed by atoms with Gasteiger partial charge in [-0.3, -0.25) is 9.59 Å². The van der Waals surface area contributed by atoms with Gasteiger partial charge >= 0.3 is 0 Å². The first-order valence-electron chi connectivity index (χ1n) is 11.7. The fourth-order valence-corrected chi connectivity index (χ4v) is 7.02. The first-order chi connectivity index (χ1) is 16.2. The van der Waals surface area contributed by atoms with Crippen molar-refractivity contribution < 1.29 is 18.0 Å². The minimum Gasteiger partial charge on any atom is -0.324 e. The van der Waals surface area contributed by atoms with Crippen LogP contribution in [-0.2, 0) is 26.0 Å². The van der Waals surface area contributed by atoms with Crippen molar-refractivity contribution in [3.8, 4) is 0 Å². The van der Waals surface area contributed by atoms with Crippen molar-refractivity contribution in [3.05, 3.63) is 47.5 Å². The summed E-state index contributed by atoms with van der Waals surface area (Å²) in [5, 5.41) is 2.99. The molecular weight excluding hydrogens is 470 g/mol. The van der Waals surface area contributed by atoms with Crippen LogP contribution >= 0.6 is 11.8 Å². The van der Waals surface area contributed by atoms with Crippen LogP contribution in [0.25, 0.3) is 0 Å². The van der Waals surface area contributed by atoms with Gasteiger partial charge in [-0.15, -0.1) is 11.8 Å². The van der Waals surface area contributed by atoms with Gasteiger partial charge in [0.15, 0.2) is 0 Å². The quantitative estimate of drug-likeness (QED) is 0.645. The molecule has 1 N–H and O–H groups in total. The summed E-state index contributed by atoms with van der Waals surface area (Å²) in [4.78, 5) is 28.8. The van der Waals surface area contributed by atoms with E-state index in [0.29, 0.717) is 24.5 Å². The maximum atomic E-state index is 13.3. The minimum absolute atomic E-state index is 0.161. The maximum Gasteiger partial charge on any atom is 0.244 e. The number of fused-ring (bicyclic) bond motifs is 1. The molecule has 0 saturated carbocycles. The van der Waals surface area contributed by atoms with Crippen LogP contribution in [0.4, 0.5) is 11.4 Å². The lowest BCUT2D eigenvalue weighted by atomic mass is 10.1. The molecule has 7 nitrogen and oxygen atoms in total. The van der Waals surface area contributed by atoms with Crippen molar-refractivity contribution in [2.75, 3.05) is 35.6 Å². The molecule has 1 atom stereocenters. The Bertz CT molecular complexity index is 1210. The molecule has 9 heteroatoms. The molecule has 0 bridgehead atoms. The zero-order chi connectivity index (χ0) is 24.5. The Balaban J connectivity index is 1.67. The molecule has 1 saturated heterocycles. The molecule has 34 heavy (non-hydrogen) atoms. The number of carbonyl (C=O) groups excluding carboxylic acids is 2. The summed E-state index contributed by atoms with van der Waals surface area (Å²) < 4.78 is 27.8. The summed E-state index contributed by atoms with van der Waals surface area (Å²) in [7, 11) is -3.64. The highest BCUT2D eigenvalue weighted by atomic mass is 32.2. The van der Waals surface area contributed by atoms with Crippen LogP contribution < -0.4 is 10.2 Å². The first kappa shape index (κ1) is 24.8. The zero-order valence-corrected chi connectivity index (χ0v) is 21.5. The van der Waals surface area contributed by atoms with E-state index >= 15 is 0 Å². The van der Waals surface area contributed by atoms with E-state index in [4.69, 9.17) is 0 Å². The van der Waals surface area contributed by atoms with Crippen LogP contribution in [0.5, 0.6) is 0 Å². The van der Waals surface area contributed by atoms with Gasteiger partial charge in [-0.1, -0.05) is 32.0 Å². The average Bonchev–Trinajstić information content (AvgIpc) is 3.34. The van der Waals surface area contributed by atoms with Crippen molar-refractivity contribution in [3.63, 3.8) is 0 Å². The van der Waals surface area contributed by atoms with Crippen LogP contribution in [0.15, 0.2) is 46.2 Å². The van der Waals surface area contributed by atoms with Crippen molar-refractivity contribution in [1.29, 1.82) is 0 Å². The predicted molar refractivity (Wildman–Crippen MR) is 136 cm³/mol. The second-order valence-electron chi connectivity index (χ2n) is 8.89. The van der Waals surface area contributed by atoms with E-state index in [-0.39, 0.29) is 29.2 Å². The van der Waals surface area contributed by atoms with Gasteiger partial charge in [-0.05, 0) is 55.5 Å². The van der Waals surface area contributed by atoms with Crippen molar-refractivity contribution in [2.24, 2.45) is 5.92 Å².